The molecule has 0 aliphatic rings. The molecule has 0 saturated heterocycles. The van der Waals surface area contributed by atoms with E-state index in [1.165, 1.54) is 0 Å². The first kappa shape index (κ1) is 14.0. The molecular weight excluding hydrogens is 308 g/mol. The molecule has 1 unspecified atom stereocenters. The number of nitrogens with two attached hydrogens (primary N) is 1. The third-order valence-corrected chi connectivity index (χ3v) is 3.69. The van der Waals surface area contributed by atoms with E-state index in [4.69, 9.17) is 10.6 Å². The summed E-state index contributed by atoms with van der Waals surface area (Å²) in [6.45, 7) is 0. The number of methoxy groups -OCH3 is 1. The summed E-state index contributed by atoms with van der Waals surface area (Å²) in [5.74, 6) is 6.47. The molecule has 19 heavy (non-hydrogen) atoms. The average Bonchev–Trinajstić information content (AvgIpc) is 2.82. The molecule has 0 spiro atoms. The Hall–Kier alpha value is -1.37. The van der Waals surface area contributed by atoms with Gasteiger partial charge in [-0.3, -0.25) is 16.0 Å². The van der Waals surface area contributed by atoms with E-state index >= 15 is 0 Å². The number of hydrogen-bond donors (Lipinski definition) is 2. The standard InChI is InChI=1S/C13H17BrN4O/c1-18-12(5-6-16-18)11(17-15)8-9-3-4-13(19-2)10(14)7-9/h3-7,11,17H,8,15H2,1-2H3. The van der Waals surface area contributed by atoms with Gasteiger partial charge in [-0.25, -0.2) is 0 Å². The fourth-order valence-electron chi connectivity index (χ4n) is 2.05. The van der Waals surface area contributed by atoms with Crippen LogP contribution in [0.15, 0.2) is 34.9 Å². The summed E-state index contributed by atoms with van der Waals surface area (Å²) in [7, 11) is 3.56. The van der Waals surface area contributed by atoms with Crippen molar-refractivity contribution in [1.82, 2.24) is 15.2 Å². The Labute approximate surface area is 120 Å². The summed E-state index contributed by atoms with van der Waals surface area (Å²) < 4.78 is 7.98. The van der Waals surface area contributed by atoms with Crippen molar-refractivity contribution in [2.75, 3.05) is 7.11 Å². The van der Waals surface area contributed by atoms with Crippen molar-refractivity contribution in [3.8, 4) is 5.75 Å². The molecule has 102 valence electrons. The number of aryl methyl sites for hydroxylation is 1. The number of benzene rings is 1. The zero-order valence-electron chi connectivity index (χ0n) is 10.9. The zero-order chi connectivity index (χ0) is 13.8. The van der Waals surface area contributed by atoms with E-state index < -0.39 is 0 Å². The molecule has 2 rings (SSSR count). The van der Waals surface area contributed by atoms with Crippen molar-refractivity contribution in [2.24, 2.45) is 12.9 Å². The van der Waals surface area contributed by atoms with E-state index in [1.54, 1.807) is 13.3 Å². The molecule has 5 nitrogen and oxygen atoms in total. The monoisotopic (exact) mass is 324 g/mol. The molecule has 1 heterocycles. The summed E-state index contributed by atoms with van der Waals surface area (Å²) >= 11 is 3.49. The van der Waals surface area contributed by atoms with Gasteiger partial charge in [0.05, 0.1) is 23.3 Å². The lowest BCUT2D eigenvalue weighted by Crippen LogP contribution is -2.31. The number of nitrogens with one attached hydrogen (secondary N) is 1. The maximum absolute atomic E-state index is 5.65. The third kappa shape index (κ3) is 3.15. The van der Waals surface area contributed by atoms with Gasteiger partial charge in [0.2, 0.25) is 0 Å². The Morgan fingerprint density at radius 2 is 2.26 bits per heavy atom. The lowest BCUT2D eigenvalue weighted by atomic mass is 10.0. The van der Waals surface area contributed by atoms with E-state index in [-0.39, 0.29) is 6.04 Å². The van der Waals surface area contributed by atoms with Crippen LogP contribution in [-0.2, 0) is 13.5 Å². The second kappa shape index (κ2) is 6.18. The van der Waals surface area contributed by atoms with Crippen LogP contribution in [0.5, 0.6) is 5.75 Å². The maximum Gasteiger partial charge on any atom is 0.133 e. The predicted molar refractivity (Wildman–Crippen MR) is 77.7 cm³/mol. The van der Waals surface area contributed by atoms with Crippen LogP contribution in [0.3, 0.4) is 0 Å². The lowest BCUT2D eigenvalue weighted by molar-refractivity contribution is 0.411. The smallest absolute Gasteiger partial charge is 0.133 e. The van der Waals surface area contributed by atoms with Crippen LogP contribution in [0.2, 0.25) is 0 Å². The highest BCUT2D eigenvalue weighted by Crippen LogP contribution is 2.27. The van der Waals surface area contributed by atoms with Crippen LogP contribution in [0, 0.1) is 0 Å². The van der Waals surface area contributed by atoms with E-state index in [0.717, 1.165) is 27.9 Å². The van der Waals surface area contributed by atoms with Crippen molar-refractivity contribution in [2.45, 2.75) is 12.5 Å². The van der Waals surface area contributed by atoms with Crippen LogP contribution >= 0.6 is 15.9 Å². The minimum Gasteiger partial charge on any atom is -0.496 e. The van der Waals surface area contributed by atoms with Gasteiger partial charge < -0.3 is 4.74 Å². The fourth-order valence-corrected chi connectivity index (χ4v) is 2.64. The van der Waals surface area contributed by atoms with Crippen LogP contribution in [-0.4, -0.2) is 16.9 Å². The van der Waals surface area contributed by atoms with Gasteiger partial charge in [0, 0.05) is 13.2 Å². The van der Waals surface area contributed by atoms with Crippen LogP contribution in [0.4, 0.5) is 0 Å². The SMILES string of the molecule is COc1ccc(CC(NN)c2ccnn2C)cc1Br. The van der Waals surface area contributed by atoms with Crippen molar-refractivity contribution in [3.05, 3.63) is 46.2 Å². The summed E-state index contributed by atoms with van der Waals surface area (Å²) in [5, 5.41) is 4.16. The summed E-state index contributed by atoms with van der Waals surface area (Å²) in [4.78, 5) is 0. The Bertz CT molecular complexity index is 555. The Morgan fingerprint density at radius 1 is 1.47 bits per heavy atom. The molecule has 0 bridgehead atoms. The summed E-state index contributed by atoms with van der Waals surface area (Å²) in [6, 6.07) is 8.00. The van der Waals surface area contributed by atoms with E-state index in [1.807, 2.05) is 36.0 Å². The maximum atomic E-state index is 5.65. The van der Waals surface area contributed by atoms with Crippen molar-refractivity contribution in [3.63, 3.8) is 0 Å². The van der Waals surface area contributed by atoms with Gasteiger partial charge in [-0.15, -0.1) is 0 Å². The molecule has 0 fully saturated rings. The minimum absolute atomic E-state index is 0.0211. The average molecular weight is 325 g/mol. The Balaban J connectivity index is 2.19. The molecule has 1 aromatic heterocycles. The molecular formula is C13H17BrN4O. The number of hydrazine groups is 1. The van der Waals surface area contributed by atoms with Gasteiger partial charge in [-0.05, 0) is 46.1 Å². The van der Waals surface area contributed by atoms with E-state index in [9.17, 15) is 0 Å². The van der Waals surface area contributed by atoms with Gasteiger partial charge in [0.15, 0.2) is 0 Å². The van der Waals surface area contributed by atoms with Crippen LogP contribution in [0.25, 0.3) is 0 Å². The highest BCUT2D eigenvalue weighted by atomic mass is 79.9. The summed E-state index contributed by atoms with van der Waals surface area (Å²) in [5.41, 5.74) is 5.05. The lowest BCUT2D eigenvalue weighted by Gasteiger charge is -2.17. The first-order valence-electron chi connectivity index (χ1n) is 5.92. The largest absolute Gasteiger partial charge is 0.496 e. The molecule has 2 aromatic rings. The van der Waals surface area contributed by atoms with Crippen molar-refractivity contribution < 1.29 is 4.74 Å². The Kier molecular flexibility index (Phi) is 4.57. The molecule has 0 saturated carbocycles. The highest BCUT2D eigenvalue weighted by Gasteiger charge is 2.14. The highest BCUT2D eigenvalue weighted by molar-refractivity contribution is 9.10. The van der Waals surface area contributed by atoms with Crippen LogP contribution in [0.1, 0.15) is 17.3 Å². The van der Waals surface area contributed by atoms with Crippen molar-refractivity contribution in [1.29, 1.82) is 0 Å². The summed E-state index contributed by atoms with van der Waals surface area (Å²) in [6.07, 6.45) is 2.54. The second-order valence-electron chi connectivity index (χ2n) is 4.27. The van der Waals surface area contributed by atoms with E-state index in [2.05, 4.69) is 26.5 Å². The van der Waals surface area contributed by atoms with Gasteiger partial charge in [-0.1, -0.05) is 6.07 Å². The minimum atomic E-state index is 0.0211. The number of nitrogens with zero attached hydrogens (tertiary/aromatic N) is 2. The number of aromatic nitrogens is 2. The van der Waals surface area contributed by atoms with Gasteiger partial charge in [0.25, 0.3) is 0 Å². The Morgan fingerprint density at radius 3 is 2.79 bits per heavy atom. The molecule has 6 heteroatoms. The molecule has 1 atom stereocenters. The number of halogens is 1. The number of rotatable bonds is 5. The van der Waals surface area contributed by atoms with Crippen molar-refractivity contribution >= 4 is 15.9 Å². The second-order valence-corrected chi connectivity index (χ2v) is 5.13. The number of hydrogen-bond acceptors (Lipinski definition) is 4. The van der Waals surface area contributed by atoms with Gasteiger partial charge >= 0.3 is 0 Å². The quantitative estimate of drug-likeness (QED) is 0.651. The molecule has 1 aromatic carbocycles. The fraction of sp³-hybridized carbons (Fsp3) is 0.308. The normalized spacial score (nSPS) is 12.4. The van der Waals surface area contributed by atoms with E-state index in [0.29, 0.717) is 0 Å². The first-order chi connectivity index (χ1) is 9.15. The first-order valence-corrected chi connectivity index (χ1v) is 6.71. The predicted octanol–water partition coefficient (Wildman–Crippen LogP) is 1.94. The third-order valence-electron chi connectivity index (χ3n) is 3.07. The van der Waals surface area contributed by atoms with Crippen LogP contribution < -0.4 is 16.0 Å². The zero-order valence-corrected chi connectivity index (χ0v) is 12.5. The molecule has 0 radical (unpaired) electrons. The topological polar surface area (TPSA) is 65.1 Å². The van der Waals surface area contributed by atoms with Gasteiger partial charge in [-0.2, -0.15) is 5.10 Å². The molecule has 0 aliphatic heterocycles. The molecule has 0 amide bonds. The van der Waals surface area contributed by atoms with Gasteiger partial charge in [0.1, 0.15) is 5.75 Å². The number of ether oxygens (including phenoxy) is 1. The molecule has 3 N–H and O–H groups in total. The molecule has 0 aliphatic carbocycles.